The van der Waals surface area contributed by atoms with Crippen LogP contribution in [0.4, 0.5) is 16.2 Å². The molecule has 2 aromatic carbocycles. The van der Waals surface area contributed by atoms with Gasteiger partial charge in [0.1, 0.15) is 11.5 Å². The monoisotopic (exact) mass is 516 g/mol. The van der Waals surface area contributed by atoms with Crippen LogP contribution in [0.2, 0.25) is 10.0 Å². The van der Waals surface area contributed by atoms with Crippen molar-refractivity contribution in [2.24, 2.45) is 5.92 Å². The Hall–Kier alpha value is -3.60. The number of carbonyl (C=O) groups is 5. The molecular weight excluding hydrogens is 503 g/mol. The van der Waals surface area contributed by atoms with Crippen LogP contribution in [0, 0.1) is 12.8 Å². The molecule has 2 N–H and O–H groups in total. The number of barbiturate groups is 1. The number of nitrogens with zero attached hydrogens (tertiary/aromatic N) is 2. The molecule has 172 valence electrons. The Kier molecular flexibility index (Phi) is 6.22. The molecule has 4 rings (SSSR count). The molecule has 34 heavy (non-hydrogen) atoms. The molecule has 0 aliphatic carbocycles. The molecule has 0 radical (unpaired) electrons. The molecule has 2 aliphatic rings. The molecule has 2 aromatic rings. The Labute approximate surface area is 208 Å². The average molecular weight is 517 g/mol. The predicted octanol–water partition coefficient (Wildman–Crippen LogP) is 2.88. The molecule has 2 saturated heterocycles. The van der Waals surface area contributed by atoms with Gasteiger partial charge in [-0.2, -0.15) is 0 Å². The van der Waals surface area contributed by atoms with Crippen molar-refractivity contribution in [2.75, 3.05) is 9.80 Å². The van der Waals surface area contributed by atoms with E-state index >= 15 is 0 Å². The van der Waals surface area contributed by atoms with Crippen molar-refractivity contribution in [3.8, 4) is 0 Å². The Bertz CT molecular complexity index is 1330. The minimum Gasteiger partial charge on any atom is -0.301 e. The number of thiocarbonyl (C=S) groups is 1. The number of amides is 6. The van der Waals surface area contributed by atoms with Crippen molar-refractivity contribution in [1.82, 2.24) is 10.6 Å². The Morgan fingerprint density at radius 3 is 2.21 bits per heavy atom. The van der Waals surface area contributed by atoms with Gasteiger partial charge >= 0.3 is 6.03 Å². The lowest BCUT2D eigenvalue weighted by molar-refractivity contribution is -0.131. The summed E-state index contributed by atoms with van der Waals surface area (Å²) >= 11 is 17.1. The number of nitrogens with one attached hydrogen (secondary N) is 2. The normalized spacial score (nSPS) is 20.1. The van der Waals surface area contributed by atoms with E-state index in [1.54, 1.807) is 13.0 Å². The molecule has 0 aromatic heterocycles. The number of rotatable bonds is 3. The number of benzene rings is 2. The maximum Gasteiger partial charge on any atom is 0.335 e. The van der Waals surface area contributed by atoms with Crippen LogP contribution in [0.1, 0.15) is 5.56 Å². The summed E-state index contributed by atoms with van der Waals surface area (Å²) in [5.41, 5.74) is 0.590. The first-order valence-corrected chi connectivity index (χ1v) is 10.9. The number of anilines is 2. The molecule has 6 amide bonds. The van der Waals surface area contributed by atoms with Crippen LogP contribution >= 0.6 is 35.4 Å². The minimum atomic E-state index is -1.57. The SMILES string of the molecule is Cc1ccc(N2C(=O)NC(=O)/C(=C/[C@H]3C(=O)NC(=S)N(c4ccc(Cl)cc4)C3=O)C2=O)cc1Cl. The Balaban J connectivity index is 1.71. The van der Waals surface area contributed by atoms with Crippen molar-refractivity contribution < 1.29 is 24.0 Å². The number of hydrogen-bond acceptors (Lipinski definition) is 6. The smallest absolute Gasteiger partial charge is 0.301 e. The van der Waals surface area contributed by atoms with Crippen molar-refractivity contribution in [1.29, 1.82) is 0 Å². The third kappa shape index (κ3) is 4.18. The van der Waals surface area contributed by atoms with Crippen LogP contribution in [0.3, 0.4) is 0 Å². The molecule has 12 heteroatoms. The number of hydrogen-bond donors (Lipinski definition) is 2. The largest absolute Gasteiger partial charge is 0.335 e. The summed E-state index contributed by atoms with van der Waals surface area (Å²) in [6, 6.07) is 9.58. The molecular formula is C22H14Cl2N4O5S. The first-order chi connectivity index (χ1) is 16.1. The van der Waals surface area contributed by atoms with Gasteiger partial charge in [-0.15, -0.1) is 0 Å². The average Bonchev–Trinajstić information content (AvgIpc) is 2.76. The van der Waals surface area contributed by atoms with Crippen LogP contribution in [0.5, 0.6) is 0 Å². The van der Waals surface area contributed by atoms with E-state index in [1.807, 2.05) is 5.32 Å². The topological polar surface area (TPSA) is 116 Å². The number of urea groups is 1. The van der Waals surface area contributed by atoms with Gasteiger partial charge in [0.05, 0.1) is 11.4 Å². The van der Waals surface area contributed by atoms with Crippen LogP contribution in [-0.4, -0.2) is 34.8 Å². The van der Waals surface area contributed by atoms with Gasteiger partial charge in [0.25, 0.3) is 11.8 Å². The molecule has 0 saturated carbocycles. The van der Waals surface area contributed by atoms with E-state index in [9.17, 15) is 24.0 Å². The lowest BCUT2D eigenvalue weighted by atomic mass is 9.98. The van der Waals surface area contributed by atoms with Crippen LogP contribution < -0.4 is 20.4 Å². The van der Waals surface area contributed by atoms with Crippen LogP contribution in [0.25, 0.3) is 0 Å². The minimum absolute atomic E-state index is 0.111. The fourth-order valence-corrected chi connectivity index (χ4v) is 3.97. The van der Waals surface area contributed by atoms with Crippen molar-refractivity contribution in [3.63, 3.8) is 0 Å². The second-order valence-electron chi connectivity index (χ2n) is 7.34. The maximum absolute atomic E-state index is 13.2. The van der Waals surface area contributed by atoms with Crippen molar-refractivity contribution in [3.05, 3.63) is 69.7 Å². The summed E-state index contributed by atoms with van der Waals surface area (Å²) in [5, 5.41) is 4.98. The summed E-state index contributed by atoms with van der Waals surface area (Å²) in [7, 11) is 0. The highest BCUT2D eigenvalue weighted by Crippen LogP contribution is 2.28. The summed E-state index contributed by atoms with van der Waals surface area (Å²) in [6.07, 6.45) is 0.912. The standard InChI is InChI=1S/C22H14Cl2N4O5S/c1-10-2-5-13(8-16(10)24)27-19(31)14(17(29)25-21(27)33)9-15-18(30)26-22(34)28(20(15)32)12-6-3-11(23)4-7-12/h2-9,15H,1H3,(H,25,29,33)(H,26,30,34)/b14-9-/t15-/m0/s1. The third-order valence-corrected chi connectivity index (χ3v) is 6.08. The molecule has 9 nitrogen and oxygen atoms in total. The van der Waals surface area contributed by atoms with E-state index in [1.165, 1.54) is 36.4 Å². The number of carbonyl (C=O) groups excluding carboxylic acids is 5. The third-order valence-electron chi connectivity index (χ3n) is 5.14. The lowest BCUT2D eigenvalue weighted by Gasteiger charge is -2.32. The molecule has 2 aliphatic heterocycles. The maximum atomic E-state index is 13.2. The second kappa shape index (κ2) is 8.98. The van der Waals surface area contributed by atoms with Crippen molar-refractivity contribution in [2.45, 2.75) is 6.92 Å². The lowest BCUT2D eigenvalue weighted by Crippen LogP contribution is -2.58. The molecule has 1 atom stereocenters. The zero-order chi connectivity index (χ0) is 24.7. The highest BCUT2D eigenvalue weighted by Gasteiger charge is 2.42. The predicted molar refractivity (Wildman–Crippen MR) is 128 cm³/mol. The highest BCUT2D eigenvalue weighted by atomic mass is 35.5. The van der Waals surface area contributed by atoms with Gasteiger partial charge in [-0.1, -0.05) is 29.3 Å². The second-order valence-corrected chi connectivity index (χ2v) is 8.57. The van der Waals surface area contributed by atoms with Crippen molar-refractivity contribution >= 4 is 81.6 Å². The summed E-state index contributed by atoms with van der Waals surface area (Å²) < 4.78 is 0. The van der Waals surface area contributed by atoms with Gasteiger partial charge in [0, 0.05) is 10.0 Å². The quantitative estimate of drug-likeness (QED) is 0.280. The van der Waals surface area contributed by atoms with E-state index in [0.29, 0.717) is 26.2 Å². The number of aryl methyl sites for hydroxylation is 1. The number of imide groups is 2. The van der Waals surface area contributed by atoms with Crippen LogP contribution in [0.15, 0.2) is 54.1 Å². The van der Waals surface area contributed by atoms with Gasteiger partial charge in [-0.3, -0.25) is 29.4 Å². The first-order valence-electron chi connectivity index (χ1n) is 9.70. The fraction of sp³-hybridized carbons (Fsp3) is 0.0909. The molecule has 2 fully saturated rings. The van der Waals surface area contributed by atoms with E-state index < -0.39 is 41.2 Å². The van der Waals surface area contributed by atoms with E-state index in [2.05, 4.69) is 5.32 Å². The highest BCUT2D eigenvalue weighted by molar-refractivity contribution is 7.80. The molecule has 0 spiro atoms. The molecule has 0 bridgehead atoms. The number of halogens is 2. The summed E-state index contributed by atoms with van der Waals surface area (Å²) in [5.74, 6) is -5.23. The molecule has 2 heterocycles. The van der Waals surface area contributed by atoms with E-state index in [-0.39, 0.29) is 10.8 Å². The van der Waals surface area contributed by atoms with E-state index in [0.717, 1.165) is 11.0 Å². The van der Waals surface area contributed by atoms with Crippen LogP contribution in [-0.2, 0) is 19.2 Å². The van der Waals surface area contributed by atoms with Gasteiger partial charge in [-0.25, -0.2) is 9.69 Å². The summed E-state index contributed by atoms with van der Waals surface area (Å²) in [4.78, 5) is 65.5. The zero-order valence-electron chi connectivity index (χ0n) is 17.3. The zero-order valence-corrected chi connectivity index (χ0v) is 19.6. The Morgan fingerprint density at radius 1 is 0.912 bits per heavy atom. The fourth-order valence-electron chi connectivity index (χ4n) is 3.37. The molecule has 0 unspecified atom stereocenters. The van der Waals surface area contributed by atoms with Gasteiger partial charge in [0.15, 0.2) is 5.11 Å². The van der Waals surface area contributed by atoms with Gasteiger partial charge in [-0.05, 0) is 67.2 Å². The Morgan fingerprint density at radius 2 is 1.56 bits per heavy atom. The summed E-state index contributed by atoms with van der Waals surface area (Å²) in [6.45, 7) is 1.74. The first kappa shape index (κ1) is 23.6. The van der Waals surface area contributed by atoms with Gasteiger partial charge in [0.2, 0.25) is 11.8 Å². The van der Waals surface area contributed by atoms with Gasteiger partial charge < -0.3 is 5.32 Å². The van der Waals surface area contributed by atoms with E-state index in [4.69, 9.17) is 35.4 Å².